The molecule has 6 nitrogen and oxygen atoms in total. The number of nitrogens with zero attached hydrogens (tertiary/aromatic N) is 1. The fourth-order valence-electron chi connectivity index (χ4n) is 2.31. The third-order valence-electron chi connectivity index (χ3n) is 3.44. The largest absolute Gasteiger partial charge is 0.340 e. The first-order valence-corrected chi connectivity index (χ1v) is 8.89. The Labute approximate surface area is 155 Å². The van der Waals surface area contributed by atoms with E-state index in [0.717, 1.165) is 16.3 Å². The molecule has 0 radical (unpaired) electrons. The summed E-state index contributed by atoms with van der Waals surface area (Å²) < 4.78 is 0. The van der Waals surface area contributed by atoms with Gasteiger partial charge in [-0.3, -0.25) is 9.59 Å². The van der Waals surface area contributed by atoms with Gasteiger partial charge in [0.15, 0.2) is 0 Å². The maximum Gasteiger partial charge on any atom is 0.229 e. The number of carbonyl (C=O) groups is 2. The topological polar surface area (TPSA) is 83.1 Å². The second kappa shape index (κ2) is 8.26. The van der Waals surface area contributed by atoms with E-state index < -0.39 is 0 Å². The lowest BCUT2D eigenvalue weighted by atomic mass is 10.2. The van der Waals surface area contributed by atoms with Crippen molar-refractivity contribution in [1.82, 2.24) is 4.98 Å². The van der Waals surface area contributed by atoms with Crippen LogP contribution in [0.1, 0.15) is 11.8 Å². The van der Waals surface area contributed by atoms with E-state index >= 15 is 0 Å². The van der Waals surface area contributed by atoms with Crippen molar-refractivity contribution in [1.29, 1.82) is 0 Å². The van der Waals surface area contributed by atoms with Crippen LogP contribution < -0.4 is 16.0 Å². The van der Waals surface area contributed by atoms with Crippen molar-refractivity contribution in [3.8, 4) is 0 Å². The van der Waals surface area contributed by atoms with Crippen molar-refractivity contribution >= 4 is 46.0 Å². The Bertz CT molecular complexity index is 875. The lowest BCUT2D eigenvalue weighted by Crippen LogP contribution is -2.13. The van der Waals surface area contributed by atoms with Gasteiger partial charge in [0.2, 0.25) is 11.8 Å². The highest BCUT2D eigenvalue weighted by atomic mass is 32.1. The van der Waals surface area contributed by atoms with Gasteiger partial charge >= 0.3 is 0 Å². The number of pyridine rings is 1. The van der Waals surface area contributed by atoms with Gasteiger partial charge in [-0.05, 0) is 47.8 Å². The number of aromatic nitrogens is 1. The van der Waals surface area contributed by atoms with Crippen molar-refractivity contribution < 1.29 is 9.59 Å². The Kier molecular flexibility index (Phi) is 5.60. The summed E-state index contributed by atoms with van der Waals surface area (Å²) in [6.07, 6.45) is 1.97. The predicted molar refractivity (Wildman–Crippen MR) is 105 cm³/mol. The highest BCUT2D eigenvalue weighted by Gasteiger charge is 2.05. The molecule has 0 aliphatic heterocycles. The molecule has 3 aromatic rings. The van der Waals surface area contributed by atoms with E-state index in [4.69, 9.17) is 0 Å². The molecular formula is C19H18N4O2S. The minimum atomic E-state index is -0.107. The molecule has 0 atom stereocenters. The quantitative estimate of drug-likeness (QED) is 0.615. The molecule has 0 unspecified atom stereocenters. The highest BCUT2D eigenvalue weighted by Crippen LogP contribution is 2.19. The number of rotatable bonds is 6. The van der Waals surface area contributed by atoms with Gasteiger partial charge in [-0.15, -0.1) is 11.3 Å². The Balaban J connectivity index is 1.55. The molecule has 2 heterocycles. The number of amides is 2. The second-order valence-corrected chi connectivity index (χ2v) is 6.65. The number of thiophene rings is 1. The first-order valence-electron chi connectivity index (χ1n) is 8.01. The van der Waals surface area contributed by atoms with Crippen molar-refractivity contribution in [3.63, 3.8) is 0 Å². The highest BCUT2D eigenvalue weighted by molar-refractivity contribution is 7.10. The van der Waals surface area contributed by atoms with Crippen molar-refractivity contribution in [2.24, 2.45) is 0 Å². The maximum absolute atomic E-state index is 12.0. The number of hydrogen-bond donors (Lipinski definition) is 3. The number of anilines is 4. The number of hydrogen-bond acceptors (Lipinski definition) is 5. The molecule has 3 N–H and O–H groups in total. The maximum atomic E-state index is 12.0. The lowest BCUT2D eigenvalue weighted by Gasteiger charge is -2.09. The average molecular weight is 366 g/mol. The fraction of sp³-hybridized carbons (Fsp3) is 0.105. The summed E-state index contributed by atoms with van der Waals surface area (Å²) in [5, 5.41) is 10.7. The minimum Gasteiger partial charge on any atom is -0.340 e. The zero-order chi connectivity index (χ0) is 18.4. The Morgan fingerprint density at radius 2 is 1.69 bits per heavy atom. The van der Waals surface area contributed by atoms with Crippen LogP contribution in [0.25, 0.3) is 0 Å². The summed E-state index contributed by atoms with van der Waals surface area (Å²) in [5.74, 6) is 0.487. The number of nitrogens with one attached hydrogen (secondary N) is 3. The van der Waals surface area contributed by atoms with E-state index in [1.54, 1.807) is 29.7 Å². The molecule has 2 amide bonds. The minimum absolute atomic E-state index is 0.0662. The van der Waals surface area contributed by atoms with Gasteiger partial charge in [0.05, 0.1) is 18.3 Å². The van der Waals surface area contributed by atoms with Gasteiger partial charge in [0.25, 0.3) is 0 Å². The van der Waals surface area contributed by atoms with Gasteiger partial charge in [-0.2, -0.15) is 0 Å². The Hall–Kier alpha value is -3.19. The van der Waals surface area contributed by atoms with Crippen LogP contribution in [-0.2, 0) is 16.0 Å². The van der Waals surface area contributed by atoms with E-state index in [2.05, 4.69) is 20.9 Å². The van der Waals surface area contributed by atoms with E-state index in [1.807, 2.05) is 41.8 Å². The number of benzene rings is 1. The molecule has 132 valence electrons. The summed E-state index contributed by atoms with van der Waals surface area (Å²) in [7, 11) is 0. The van der Waals surface area contributed by atoms with Gasteiger partial charge in [0.1, 0.15) is 5.82 Å². The molecule has 26 heavy (non-hydrogen) atoms. The van der Waals surface area contributed by atoms with E-state index in [0.29, 0.717) is 17.9 Å². The molecule has 7 heteroatoms. The van der Waals surface area contributed by atoms with Crippen molar-refractivity contribution in [2.45, 2.75) is 13.3 Å². The molecule has 1 aromatic carbocycles. The van der Waals surface area contributed by atoms with Crippen LogP contribution in [0.2, 0.25) is 0 Å². The summed E-state index contributed by atoms with van der Waals surface area (Å²) in [6, 6.07) is 14.8. The molecule has 0 aliphatic rings. The molecule has 0 spiro atoms. The Morgan fingerprint density at radius 1 is 0.962 bits per heavy atom. The third-order valence-corrected chi connectivity index (χ3v) is 4.32. The fourth-order valence-corrected chi connectivity index (χ4v) is 3.01. The van der Waals surface area contributed by atoms with E-state index in [-0.39, 0.29) is 11.8 Å². The standard InChI is InChI=1S/C19H18N4O2S/c1-13(24)21-14-4-6-15(7-5-14)22-18-9-8-16(12-20-18)23-19(25)11-17-3-2-10-26-17/h2-10,12H,11H2,1H3,(H,20,22)(H,21,24)(H,23,25). The van der Waals surface area contributed by atoms with Crippen molar-refractivity contribution in [2.75, 3.05) is 16.0 Å². The van der Waals surface area contributed by atoms with Crippen LogP contribution in [0.15, 0.2) is 60.1 Å². The summed E-state index contributed by atoms with van der Waals surface area (Å²) in [5.41, 5.74) is 2.24. The predicted octanol–water partition coefficient (Wildman–Crippen LogP) is 4.03. The van der Waals surface area contributed by atoms with Crippen LogP contribution in [0.3, 0.4) is 0 Å². The summed E-state index contributed by atoms with van der Waals surface area (Å²) in [4.78, 5) is 28.3. The molecule has 0 saturated heterocycles. The van der Waals surface area contributed by atoms with Crippen LogP contribution in [0.5, 0.6) is 0 Å². The molecule has 0 saturated carbocycles. The SMILES string of the molecule is CC(=O)Nc1ccc(Nc2ccc(NC(=O)Cc3cccs3)cn2)cc1. The summed E-state index contributed by atoms with van der Waals surface area (Å²) >= 11 is 1.56. The molecule has 0 fully saturated rings. The molecule has 0 bridgehead atoms. The van der Waals surface area contributed by atoms with Crippen LogP contribution in [-0.4, -0.2) is 16.8 Å². The third kappa shape index (κ3) is 5.15. The normalized spacial score (nSPS) is 10.2. The smallest absolute Gasteiger partial charge is 0.229 e. The van der Waals surface area contributed by atoms with Crippen LogP contribution >= 0.6 is 11.3 Å². The van der Waals surface area contributed by atoms with Gasteiger partial charge in [-0.1, -0.05) is 6.07 Å². The average Bonchev–Trinajstić information content (AvgIpc) is 3.11. The van der Waals surface area contributed by atoms with Gasteiger partial charge in [0, 0.05) is 23.2 Å². The second-order valence-electron chi connectivity index (χ2n) is 5.62. The van der Waals surface area contributed by atoms with Gasteiger partial charge < -0.3 is 16.0 Å². The zero-order valence-electron chi connectivity index (χ0n) is 14.2. The van der Waals surface area contributed by atoms with E-state index in [1.165, 1.54) is 6.92 Å². The van der Waals surface area contributed by atoms with Crippen LogP contribution in [0.4, 0.5) is 22.9 Å². The molecule has 3 rings (SSSR count). The number of carbonyl (C=O) groups excluding carboxylic acids is 2. The first-order chi connectivity index (χ1) is 12.6. The van der Waals surface area contributed by atoms with Gasteiger partial charge in [-0.25, -0.2) is 4.98 Å². The Morgan fingerprint density at radius 3 is 2.31 bits per heavy atom. The molecule has 0 aliphatic carbocycles. The van der Waals surface area contributed by atoms with E-state index in [9.17, 15) is 9.59 Å². The van der Waals surface area contributed by atoms with Crippen molar-refractivity contribution in [3.05, 3.63) is 65.0 Å². The monoisotopic (exact) mass is 366 g/mol. The molecule has 2 aromatic heterocycles. The lowest BCUT2D eigenvalue weighted by molar-refractivity contribution is -0.115. The summed E-state index contributed by atoms with van der Waals surface area (Å²) in [6.45, 7) is 1.47. The van der Waals surface area contributed by atoms with Crippen LogP contribution in [0, 0.1) is 0 Å². The first kappa shape index (κ1) is 17.6. The zero-order valence-corrected chi connectivity index (χ0v) is 15.0. The molecular weight excluding hydrogens is 348 g/mol.